The highest BCUT2D eigenvalue weighted by atomic mass is 35.5. The lowest BCUT2D eigenvalue weighted by molar-refractivity contribution is -0.113. The lowest BCUT2D eigenvalue weighted by Crippen LogP contribution is -2.20. The van der Waals surface area contributed by atoms with Crippen LogP contribution in [0, 0.1) is 5.92 Å². The Labute approximate surface area is 204 Å². The molecule has 11 heteroatoms. The van der Waals surface area contributed by atoms with Crippen molar-refractivity contribution in [2.45, 2.75) is 31.3 Å². The third-order valence-electron chi connectivity index (χ3n) is 5.58. The van der Waals surface area contributed by atoms with Gasteiger partial charge in [0, 0.05) is 16.9 Å². The Hall–Kier alpha value is -2.56. The molecule has 0 aliphatic heterocycles. The van der Waals surface area contributed by atoms with Gasteiger partial charge in [-0.2, -0.15) is 0 Å². The minimum atomic E-state index is -0.501. The van der Waals surface area contributed by atoms with Crippen LogP contribution in [0.25, 0.3) is 11.4 Å². The smallest absolute Gasteiger partial charge is 0.251 e. The first-order valence-electron chi connectivity index (χ1n) is 10.4. The van der Waals surface area contributed by atoms with Crippen molar-refractivity contribution < 1.29 is 14.3 Å². The lowest BCUT2D eigenvalue weighted by atomic mass is 9.88. The van der Waals surface area contributed by atoms with E-state index in [1.165, 1.54) is 23.1 Å². The van der Waals surface area contributed by atoms with Gasteiger partial charge in [-0.05, 0) is 48.9 Å². The number of benzene rings is 1. The zero-order valence-electron chi connectivity index (χ0n) is 18.5. The van der Waals surface area contributed by atoms with E-state index in [1.807, 2.05) is 7.05 Å². The summed E-state index contributed by atoms with van der Waals surface area (Å²) >= 11 is 8.84. The van der Waals surface area contributed by atoms with E-state index in [2.05, 4.69) is 22.4 Å². The SMILES string of the molecule is COc1ccc(Cl)cc1-c1nnc(SCC(=O)Nc2sc3c(c2C(N)=O)CCC(C)C3)n1C. The summed E-state index contributed by atoms with van der Waals surface area (Å²) in [6.07, 6.45) is 2.73. The summed E-state index contributed by atoms with van der Waals surface area (Å²) < 4.78 is 7.19. The molecular weight excluding hydrogens is 482 g/mol. The maximum Gasteiger partial charge on any atom is 0.251 e. The molecule has 4 rings (SSSR count). The van der Waals surface area contributed by atoms with E-state index in [-0.39, 0.29) is 11.7 Å². The number of carbonyl (C=O) groups excluding carboxylic acids is 2. The molecule has 3 aromatic rings. The van der Waals surface area contributed by atoms with Crippen molar-refractivity contribution in [1.82, 2.24) is 14.8 Å². The maximum absolute atomic E-state index is 12.7. The number of halogens is 1. The van der Waals surface area contributed by atoms with Crippen molar-refractivity contribution in [2.24, 2.45) is 18.7 Å². The van der Waals surface area contributed by atoms with E-state index in [9.17, 15) is 9.59 Å². The average molecular weight is 506 g/mol. The van der Waals surface area contributed by atoms with E-state index in [0.29, 0.717) is 43.8 Å². The van der Waals surface area contributed by atoms with Gasteiger partial charge < -0.3 is 20.4 Å². The van der Waals surface area contributed by atoms with Gasteiger partial charge in [0.1, 0.15) is 10.8 Å². The molecule has 0 bridgehead atoms. The van der Waals surface area contributed by atoms with E-state index in [1.54, 1.807) is 29.9 Å². The standard InChI is InChI=1S/C22H24ClN5O3S2/c1-11-4-6-13-16(8-11)33-21(18(13)19(24)30)25-17(29)10-32-22-27-26-20(28(22)2)14-9-12(23)5-7-15(14)31-3/h5,7,9,11H,4,6,8,10H2,1-3H3,(H2,24,30)(H,25,29). The number of ether oxygens (including phenoxy) is 1. The van der Waals surface area contributed by atoms with Crippen LogP contribution in [0.2, 0.25) is 5.02 Å². The van der Waals surface area contributed by atoms with Crippen LogP contribution >= 0.6 is 34.7 Å². The van der Waals surface area contributed by atoms with Crippen molar-refractivity contribution in [2.75, 3.05) is 18.2 Å². The van der Waals surface area contributed by atoms with E-state index in [4.69, 9.17) is 22.1 Å². The van der Waals surface area contributed by atoms with Crippen LogP contribution < -0.4 is 15.8 Å². The molecule has 3 N–H and O–H groups in total. The summed E-state index contributed by atoms with van der Waals surface area (Å²) in [5.74, 6) is 1.12. The highest BCUT2D eigenvalue weighted by molar-refractivity contribution is 7.99. The van der Waals surface area contributed by atoms with E-state index >= 15 is 0 Å². The molecule has 2 heterocycles. The van der Waals surface area contributed by atoms with Gasteiger partial charge in [-0.1, -0.05) is 30.3 Å². The molecule has 1 aliphatic carbocycles. The number of thiophene rings is 1. The summed E-state index contributed by atoms with van der Waals surface area (Å²) in [4.78, 5) is 25.9. The molecule has 0 saturated carbocycles. The third kappa shape index (κ3) is 4.87. The molecule has 1 aromatic carbocycles. The van der Waals surface area contributed by atoms with Gasteiger partial charge in [0.05, 0.1) is 24.0 Å². The van der Waals surface area contributed by atoms with Gasteiger partial charge in [0.25, 0.3) is 5.91 Å². The van der Waals surface area contributed by atoms with Crippen LogP contribution in [0.1, 0.15) is 34.1 Å². The molecule has 1 atom stereocenters. The van der Waals surface area contributed by atoms with E-state index in [0.717, 1.165) is 29.7 Å². The molecule has 0 radical (unpaired) electrons. The molecule has 8 nitrogen and oxygen atoms in total. The zero-order valence-corrected chi connectivity index (χ0v) is 20.9. The quantitative estimate of drug-likeness (QED) is 0.466. The van der Waals surface area contributed by atoms with Crippen molar-refractivity contribution in [3.05, 3.63) is 39.2 Å². The average Bonchev–Trinajstić information content (AvgIpc) is 3.31. The van der Waals surface area contributed by atoms with Crippen molar-refractivity contribution in [3.8, 4) is 17.1 Å². The van der Waals surface area contributed by atoms with Gasteiger partial charge >= 0.3 is 0 Å². The number of aromatic nitrogens is 3. The molecule has 1 aliphatic rings. The van der Waals surface area contributed by atoms with Crippen molar-refractivity contribution in [1.29, 1.82) is 0 Å². The number of carbonyl (C=O) groups is 2. The Bertz CT molecular complexity index is 1220. The number of anilines is 1. The monoisotopic (exact) mass is 505 g/mol. The summed E-state index contributed by atoms with van der Waals surface area (Å²) in [6, 6.07) is 5.27. The number of thioether (sulfide) groups is 1. The second kappa shape index (κ2) is 9.74. The Morgan fingerprint density at radius 1 is 1.39 bits per heavy atom. The normalized spacial score (nSPS) is 15.2. The first-order valence-corrected chi connectivity index (χ1v) is 12.6. The number of nitrogens with zero attached hydrogens (tertiary/aromatic N) is 3. The maximum atomic E-state index is 12.7. The number of nitrogens with two attached hydrogens (primary N) is 1. The molecule has 0 saturated heterocycles. The highest BCUT2D eigenvalue weighted by Gasteiger charge is 2.27. The summed E-state index contributed by atoms with van der Waals surface area (Å²) in [5, 5.41) is 13.0. The van der Waals surface area contributed by atoms with Crippen molar-refractivity contribution >= 4 is 51.5 Å². The molecular formula is C22H24ClN5O3S2. The van der Waals surface area contributed by atoms with Gasteiger partial charge in [-0.3, -0.25) is 9.59 Å². The number of hydrogen-bond donors (Lipinski definition) is 2. The number of methoxy groups -OCH3 is 1. The molecule has 33 heavy (non-hydrogen) atoms. The minimum absolute atomic E-state index is 0.107. The number of hydrogen-bond acceptors (Lipinski definition) is 7. The number of rotatable bonds is 7. The van der Waals surface area contributed by atoms with Gasteiger partial charge in [-0.25, -0.2) is 0 Å². The molecule has 2 amide bonds. The third-order valence-corrected chi connectivity index (χ3v) is 8.01. The number of nitrogens with one attached hydrogen (secondary N) is 1. The molecule has 174 valence electrons. The first-order chi connectivity index (χ1) is 15.8. The Morgan fingerprint density at radius 2 is 2.18 bits per heavy atom. The Morgan fingerprint density at radius 3 is 2.91 bits per heavy atom. The van der Waals surface area contributed by atoms with Crippen LogP contribution in [-0.4, -0.2) is 39.4 Å². The fourth-order valence-electron chi connectivity index (χ4n) is 3.92. The van der Waals surface area contributed by atoms with Gasteiger partial charge in [0.2, 0.25) is 5.91 Å². The molecule has 0 spiro atoms. The number of fused-ring (bicyclic) bond motifs is 1. The fourth-order valence-corrected chi connectivity index (χ4v) is 6.24. The molecule has 1 unspecified atom stereocenters. The summed E-state index contributed by atoms with van der Waals surface area (Å²) in [7, 11) is 3.39. The summed E-state index contributed by atoms with van der Waals surface area (Å²) in [5.41, 5.74) is 7.79. The predicted molar refractivity (Wildman–Crippen MR) is 131 cm³/mol. The topological polar surface area (TPSA) is 112 Å². The zero-order chi connectivity index (χ0) is 23.7. The highest BCUT2D eigenvalue weighted by Crippen LogP contribution is 2.39. The van der Waals surface area contributed by atoms with Gasteiger partial charge in [0.15, 0.2) is 11.0 Å². The lowest BCUT2D eigenvalue weighted by Gasteiger charge is -2.18. The minimum Gasteiger partial charge on any atom is -0.496 e. The number of primary amides is 1. The largest absolute Gasteiger partial charge is 0.496 e. The molecule has 2 aromatic heterocycles. The Kier molecular flexibility index (Phi) is 6.96. The van der Waals surface area contributed by atoms with Crippen molar-refractivity contribution in [3.63, 3.8) is 0 Å². The number of amides is 2. The van der Waals surface area contributed by atoms with Gasteiger partial charge in [-0.15, -0.1) is 21.5 Å². The molecule has 0 fully saturated rings. The fraction of sp³-hybridized carbons (Fsp3) is 0.364. The van der Waals surface area contributed by atoms with Crippen LogP contribution in [-0.2, 0) is 24.7 Å². The van der Waals surface area contributed by atoms with Crippen LogP contribution in [0.5, 0.6) is 5.75 Å². The Balaban J connectivity index is 1.48. The van der Waals surface area contributed by atoms with Crippen LogP contribution in [0.3, 0.4) is 0 Å². The predicted octanol–water partition coefficient (Wildman–Crippen LogP) is 4.16. The summed E-state index contributed by atoms with van der Waals surface area (Å²) in [6.45, 7) is 2.19. The van der Waals surface area contributed by atoms with E-state index < -0.39 is 5.91 Å². The van der Waals surface area contributed by atoms with Crippen LogP contribution in [0.15, 0.2) is 23.4 Å². The van der Waals surface area contributed by atoms with Crippen LogP contribution in [0.4, 0.5) is 5.00 Å². The first kappa shape index (κ1) is 23.6. The second-order valence-electron chi connectivity index (χ2n) is 7.97. The second-order valence-corrected chi connectivity index (χ2v) is 10.5.